The molecule has 0 saturated carbocycles. The second-order valence-corrected chi connectivity index (χ2v) is 7.51. The van der Waals surface area contributed by atoms with E-state index in [0.29, 0.717) is 29.4 Å². The van der Waals surface area contributed by atoms with Crippen LogP contribution >= 0.6 is 11.8 Å². The number of hydrogen-bond acceptors (Lipinski definition) is 5. The third-order valence-corrected chi connectivity index (χ3v) is 5.56. The zero-order valence-electron chi connectivity index (χ0n) is 13.3. The van der Waals surface area contributed by atoms with Crippen molar-refractivity contribution >= 4 is 21.8 Å². The van der Waals surface area contributed by atoms with Crippen LogP contribution in [-0.4, -0.2) is 49.8 Å². The monoisotopic (exact) mass is 334 g/mol. The van der Waals surface area contributed by atoms with Crippen LogP contribution in [0.15, 0.2) is 4.90 Å². The van der Waals surface area contributed by atoms with E-state index in [0.717, 1.165) is 25.3 Å². The quantitative estimate of drug-likeness (QED) is 0.628. The number of sulfonamides is 1. The lowest BCUT2D eigenvalue weighted by atomic mass is 10.4. The summed E-state index contributed by atoms with van der Waals surface area (Å²) >= 11 is 1.71. The smallest absolute Gasteiger partial charge is 0.244 e. The summed E-state index contributed by atoms with van der Waals surface area (Å²) < 4.78 is 29.2. The van der Waals surface area contributed by atoms with Crippen LogP contribution in [0.3, 0.4) is 0 Å². The van der Waals surface area contributed by atoms with Crippen LogP contribution in [0.1, 0.15) is 24.7 Å². The van der Waals surface area contributed by atoms with E-state index in [4.69, 9.17) is 0 Å². The first-order valence-electron chi connectivity index (χ1n) is 7.17. The number of hydrogen-bond donors (Lipinski definition) is 2. The Bertz CT molecular complexity index is 541. The Balaban J connectivity index is 2.81. The summed E-state index contributed by atoms with van der Waals surface area (Å²) in [6, 6.07) is 0. The third kappa shape index (κ3) is 5.28. The lowest BCUT2D eigenvalue weighted by Gasteiger charge is -2.08. The highest BCUT2D eigenvalue weighted by Gasteiger charge is 2.23. The topological polar surface area (TPSA) is 76.0 Å². The van der Waals surface area contributed by atoms with Crippen molar-refractivity contribution in [3.05, 3.63) is 11.4 Å². The first kappa shape index (κ1) is 18.5. The SMILES string of the molecule is CCNCCn1nc(C)c(S(=O)(=O)NCCCSC)c1C. The van der Waals surface area contributed by atoms with Gasteiger partial charge in [-0.2, -0.15) is 16.9 Å². The molecule has 0 spiro atoms. The molecule has 1 aromatic heterocycles. The molecule has 122 valence electrons. The van der Waals surface area contributed by atoms with Gasteiger partial charge in [0.05, 0.1) is 17.9 Å². The summed E-state index contributed by atoms with van der Waals surface area (Å²) in [7, 11) is -3.47. The van der Waals surface area contributed by atoms with E-state index in [2.05, 4.69) is 15.1 Å². The van der Waals surface area contributed by atoms with Crippen molar-refractivity contribution in [2.24, 2.45) is 0 Å². The Hall–Kier alpha value is -0.570. The summed E-state index contributed by atoms with van der Waals surface area (Å²) in [5.74, 6) is 0.947. The fourth-order valence-corrected chi connectivity index (χ4v) is 4.06. The zero-order chi connectivity index (χ0) is 15.9. The number of thioether (sulfide) groups is 1. The maximum Gasteiger partial charge on any atom is 0.244 e. The lowest BCUT2D eigenvalue weighted by molar-refractivity contribution is 0.549. The van der Waals surface area contributed by atoms with Gasteiger partial charge in [-0.15, -0.1) is 0 Å². The minimum atomic E-state index is -3.47. The van der Waals surface area contributed by atoms with E-state index in [-0.39, 0.29) is 0 Å². The van der Waals surface area contributed by atoms with Crippen LogP contribution in [0.25, 0.3) is 0 Å². The predicted molar refractivity (Wildman–Crippen MR) is 88.4 cm³/mol. The molecule has 6 nitrogen and oxygen atoms in total. The van der Waals surface area contributed by atoms with Gasteiger partial charge in [0.2, 0.25) is 10.0 Å². The van der Waals surface area contributed by atoms with Gasteiger partial charge in [0.25, 0.3) is 0 Å². The molecule has 0 aliphatic heterocycles. The normalized spacial score (nSPS) is 12.0. The molecule has 1 heterocycles. The molecule has 0 radical (unpaired) electrons. The minimum Gasteiger partial charge on any atom is -0.315 e. The van der Waals surface area contributed by atoms with E-state index < -0.39 is 10.0 Å². The van der Waals surface area contributed by atoms with Crippen LogP contribution in [0.4, 0.5) is 0 Å². The molecule has 0 amide bonds. The molecule has 0 bridgehead atoms. The van der Waals surface area contributed by atoms with Crippen LogP contribution in [0.5, 0.6) is 0 Å². The maximum atomic E-state index is 12.4. The highest BCUT2D eigenvalue weighted by molar-refractivity contribution is 7.98. The number of aromatic nitrogens is 2. The molecule has 1 aromatic rings. The number of aryl methyl sites for hydroxylation is 1. The molecule has 2 N–H and O–H groups in total. The molecule has 8 heteroatoms. The van der Waals surface area contributed by atoms with Gasteiger partial charge in [-0.3, -0.25) is 4.68 Å². The fraction of sp³-hybridized carbons (Fsp3) is 0.769. The second-order valence-electron chi connectivity index (χ2n) is 4.82. The molecule has 0 aromatic carbocycles. The maximum absolute atomic E-state index is 12.4. The molecule has 0 atom stereocenters. The van der Waals surface area contributed by atoms with Crippen molar-refractivity contribution in [2.45, 2.75) is 38.6 Å². The first-order chi connectivity index (χ1) is 9.94. The van der Waals surface area contributed by atoms with Crippen molar-refractivity contribution < 1.29 is 8.42 Å². The molecular weight excluding hydrogens is 308 g/mol. The minimum absolute atomic E-state index is 0.322. The van der Waals surface area contributed by atoms with Gasteiger partial charge in [-0.1, -0.05) is 6.92 Å². The van der Waals surface area contributed by atoms with Gasteiger partial charge < -0.3 is 5.32 Å². The van der Waals surface area contributed by atoms with Crippen LogP contribution in [-0.2, 0) is 16.6 Å². The van der Waals surface area contributed by atoms with Gasteiger partial charge in [-0.05, 0) is 38.8 Å². The van der Waals surface area contributed by atoms with Crippen LogP contribution in [0, 0.1) is 13.8 Å². The Morgan fingerprint density at radius 1 is 1.29 bits per heavy atom. The lowest BCUT2D eigenvalue weighted by Crippen LogP contribution is -2.26. The van der Waals surface area contributed by atoms with Crippen molar-refractivity contribution in [3.63, 3.8) is 0 Å². The van der Waals surface area contributed by atoms with E-state index in [1.807, 2.05) is 20.1 Å². The molecule has 0 aliphatic rings. The summed E-state index contributed by atoms with van der Waals surface area (Å²) in [4.78, 5) is 0.322. The van der Waals surface area contributed by atoms with E-state index in [9.17, 15) is 8.42 Å². The average Bonchev–Trinajstić information content (AvgIpc) is 2.70. The van der Waals surface area contributed by atoms with Crippen LogP contribution in [0.2, 0.25) is 0 Å². The average molecular weight is 335 g/mol. The van der Waals surface area contributed by atoms with E-state index in [1.165, 1.54) is 0 Å². The Labute approximate surface area is 132 Å². The number of likely N-dealkylation sites (N-methyl/N-ethyl adjacent to an activating group) is 1. The molecular formula is C13H26N4O2S2. The molecule has 0 unspecified atom stereocenters. The van der Waals surface area contributed by atoms with Gasteiger partial charge in [0, 0.05) is 13.1 Å². The molecule has 0 saturated heterocycles. The zero-order valence-corrected chi connectivity index (χ0v) is 14.9. The molecule has 21 heavy (non-hydrogen) atoms. The standard InChI is InChI=1S/C13H26N4O2S2/c1-5-14-8-9-17-12(3)13(11(2)16-17)21(18,19)15-7-6-10-20-4/h14-15H,5-10H2,1-4H3. The van der Waals surface area contributed by atoms with Gasteiger partial charge >= 0.3 is 0 Å². The number of rotatable bonds is 10. The van der Waals surface area contributed by atoms with Crippen molar-refractivity contribution in [1.82, 2.24) is 19.8 Å². The molecule has 0 aliphatic carbocycles. The predicted octanol–water partition coefficient (Wildman–Crippen LogP) is 1.14. The Kier molecular flexibility index (Phi) is 7.72. The van der Waals surface area contributed by atoms with Crippen molar-refractivity contribution in [2.75, 3.05) is 31.6 Å². The second kappa shape index (κ2) is 8.77. The summed E-state index contributed by atoms with van der Waals surface area (Å²) in [6.07, 6.45) is 2.84. The van der Waals surface area contributed by atoms with E-state index in [1.54, 1.807) is 23.4 Å². The fourth-order valence-electron chi connectivity index (χ4n) is 2.14. The highest BCUT2D eigenvalue weighted by Crippen LogP contribution is 2.19. The van der Waals surface area contributed by atoms with Gasteiger partial charge in [-0.25, -0.2) is 13.1 Å². The van der Waals surface area contributed by atoms with Crippen molar-refractivity contribution in [1.29, 1.82) is 0 Å². The van der Waals surface area contributed by atoms with Crippen LogP contribution < -0.4 is 10.0 Å². The summed E-state index contributed by atoms with van der Waals surface area (Å²) in [5.41, 5.74) is 1.25. The first-order valence-corrected chi connectivity index (χ1v) is 10.0. The Morgan fingerprint density at radius 3 is 2.62 bits per heavy atom. The highest BCUT2D eigenvalue weighted by atomic mass is 32.2. The van der Waals surface area contributed by atoms with Gasteiger partial charge in [0.15, 0.2) is 0 Å². The van der Waals surface area contributed by atoms with Gasteiger partial charge in [0.1, 0.15) is 4.90 Å². The van der Waals surface area contributed by atoms with E-state index >= 15 is 0 Å². The number of nitrogens with zero attached hydrogens (tertiary/aromatic N) is 2. The Morgan fingerprint density at radius 2 is 2.00 bits per heavy atom. The molecule has 0 fully saturated rings. The summed E-state index contributed by atoms with van der Waals surface area (Å²) in [5, 5.41) is 7.56. The van der Waals surface area contributed by atoms with Crippen molar-refractivity contribution in [3.8, 4) is 0 Å². The largest absolute Gasteiger partial charge is 0.315 e. The number of nitrogens with one attached hydrogen (secondary N) is 2. The summed E-state index contributed by atoms with van der Waals surface area (Å²) in [6.45, 7) is 8.39. The third-order valence-electron chi connectivity index (χ3n) is 3.15. The molecule has 1 rings (SSSR count).